The van der Waals surface area contributed by atoms with Gasteiger partial charge in [0.2, 0.25) is 0 Å². The van der Waals surface area contributed by atoms with E-state index in [2.05, 4.69) is 35.1 Å². The Bertz CT molecular complexity index is 461. The summed E-state index contributed by atoms with van der Waals surface area (Å²) in [5.41, 5.74) is 0.487. The maximum atomic E-state index is 12.3. The van der Waals surface area contributed by atoms with Crippen LogP contribution in [0, 0.1) is 5.92 Å². The molecule has 1 atom stereocenters. The predicted molar refractivity (Wildman–Crippen MR) is 88.7 cm³/mol. The second-order valence-electron chi connectivity index (χ2n) is 4.87. The first-order valence-corrected chi connectivity index (χ1v) is 8.13. The summed E-state index contributed by atoms with van der Waals surface area (Å²) in [4.78, 5) is 12.6. The number of hydrogen-bond donors (Lipinski definition) is 1. The maximum Gasteiger partial charge on any atom is 0.255 e. The molecule has 1 unspecified atom stereocenters. The minimum absolute atomic E-state index is 0.152. The molecule has 0 heterocycles. The molecule has 5 heteroatoms. The average Bonchev–Trinajstić information content (AvgIpc) is 2.52. The van der Waals surface area contributed by atoms with Gasteiger partial charge < -0.3 is 14.8 Å². The number of amides is 1. The van der Waals surface area contributed by atoms with E-state index in [4.69, 9.17) is 9.47 Å². The molecule has 0 saturated carbocycles. The molecule has 1 aromatic carbocycles. The van der Waals surface area contributed by atoms with E-state index < -0.39 is 0 Å². The molecular weight excluding hydrogens is 334 g/mol. The Kier molecular flexibility index (Phi) is 7.57. The molecule has 1 amide bonds. The van der Waals surface area contributed by atoms with Crippen molar-refractivity contribution in [2.45, 2.75) is 31.5 Å². The molecule has 4 nitrogen and oxygen atoms in total. The quantitative estimate of drug-likeness (QED) is 0.722. The predicted octanol–water partition coefficient (Wildman–Crippen LogP) is 3.63. The number of ether oxygens (including phenoxy) is 2. The van der Waals surface area contributed by atoms with Crippen molar-refractivity contribution in [3.05, 3.63) is 23.8 Å². The van der Waals surface area contributed by atoms with Gasteiger partial charge in [-0.25, -0.2) is 0 Å². The molecule has 21 heavy (non-hydrogen) atoms. The molecule has 0 saturated heterocycles. The summed E-state index contributed by atoms with van der Waals surface area (Å²) in [5.74, 6) is 1.58. The summed E-state index contributed by atoms with van der Waals surface area (Å²) < 4.78 is 10.4. The highest BCUT2D eigenvalue weighted by Gasteiger charge is 2.18. The molecule has 0 aliphatic rings. The Morgan fingerprint density at radius 3 is 2.43 bits per heavy atom. The molecule has 0 spiro atoms. The van der Waals surface area contributed by atoms with Crippen molar-refractivity contribution in [1.29, 1.82) is 0 Å². The SMILES string of the molecule is CCC(CC)C(Br)CNC(=O)c1cc(OC)ccc1OC. The zero-order valence-corrected chi connectivity index (χ0v) is 14.7. The lowest BCUT2D eigenvalue weighted by molar-refractivity contribution is 0.0948. The second-order valence-corrected chi connectivity index (χ2v) is 6.04. The monoisotopic (exact) mass is 357 g/mol. The number of benzene rings is 1. The average molecular weight is 358 g/mol. The fraction of sp³-hybridized carbons (Fsp3) is 0.562. The van der Waals surface area contributed by atoms with Crippen LogP contribution in [0.3, 0.4) is 0 Å². The molecule has 0 fully saturated rings. The molecule has 0 bridgehead atoms. The maximum absolute atomic E-state index is 12.3. The summed E-state index contributed by atoms with van der Waals surface area (Å²) in [6, 6.07) is 5.20. The second kappa shape index (κ2) is 8.93. The number of methoxy groups -OCH3 is 2. The normalized spacial score (nSPS) is 12.1. The van der Waals surface area contributed by atoms with Gasteiger partial charge in [-0.2, -0.15) is 0 Å². The number of carbonyl (C=O) groups excluding carboxylic acids is 1. The minimum atomic E-state index is -0.152. The Morgan fingerprint density at radius 1 is 1.24 bits per heavy atom. The lowest BCUT2D eigenvalue weighted by Gasteiger charge is -2.20. The molecule has 0 aromatic heterocycles. The van der Waals surface area contributed by atoms with Gasteiger partial charge in [0, 0.05) is 11.4 Å². The lowest BCUT2D eigenvalue weighted by atomic mass is 9.99. The van der Waals surface area contributed by atoms with Crippen molar-refractivity contribution in [3.8, 4) is 11.5 Å². The minimum Gasteiger partial charge on any atom is -0.497 e. The molecule has 1 aromatic rings. The van der Waals surface area contributed by atoms with Crippen LogP contribution in [0.1, 0.15) is 37.0 Å². The molecule has 118 valence electrons. The fourth-order valence-electron chi connectivity index (χ4n) is 2.24. The number of rotatable bonds is 8. The summed E-state index contributed by atoms with van der Waals surface area (Å²) in [6.45, 7) is 4.91. The van der Waals surface area contributed by atoms with Gasteiger partial charge in [-0.15, -0.1) is 0 Å². The van der Waals surface area contributed by atoms with Crippen LogP contribution in [-0.2, 0) is 0 Å². The van der Waals surface area contributed by atoms with E-state index in [-0.39, 0.29) is 10.7 Å². The Hall–Kier alpha value is -1.23. The molecule has 0 aliphatic carbocycles. The molecule has 0 radical (unpaired) electrons. The molecule has 1 N–H and O–H groups in total. The van der Waals surface area contributed by atoms with E-state index in [0.29, 0.717) is 29.5 Å². The van der Waals surface area contributed by atoms with Crippen LogP contribution in [0.4, 0.5) is 0 Å². The summed E-state index contributed by atoms with van der Waals surface area (Å²) >= 11 is 3.66. The standard InChI is InChI=1S/C16H24BrNO3/c1-5-11(6-2)14(17)10-18-16(19)13-9-12(20-3)7-8-15(13)21-4/h7-9,11,14H,5-6,10H2,1-4H3,(H,18,19). The summed E-state index contributed by atoms with van der Waals surface area (Å²) in [6.07, 6.45) is 2.18. The Morgan fingerprint density at radius 2 is 1.90 bits per heavy atom. The van der Waals surface area contributed by atoms with Crippen molar-refractivity contribution in [2.75, 3.05) is 20.8 Å². The van der Waals surface area contributed by atoms with Crippen molar-refractivity contribution >= 4 is 21.8 Å². The summed E-state index contributed by atoms with van der Waals surface area (Å²) in [7, 11) is 3.13. The van der Waals surface area contributed by atoms with Gasteiger partial charge in [0.1, 0.15) is 11.5 Å². The van der Waals surface area contributed by atoms with Crippen LogP contribution in [0.15, 0.2) is 18.2 Å². The van der Waals surface area contributed by atoms with E-state index in [1.165, 1.54) is 0 Å². The van der Waals surface area contributed by atoms with E-state index in [1.54, 1.807) is 32.4 Å². The van der Waals surface area contributed by atoms with Gasteiger partial charge in [-0.1, -0.05) is 42.6 Å². The summed E-state index contributed by atoms with van der Waals surface area (Å²) in [5, 5.41) is 2.95. The van der Waals surface area contributed by atoms with Crippen LogP contribution in [0.25, 0.3) is 0 Å². The highest BCUT2D eigenvalue weighted by Crippen LogP contribution is 2.24. The number of carbonyl (C=O) groups is 1. The van der Waals surface area contributed by atoms with Crippen LogP contribution in [-0.4, -0.2) is 31.5 Å². The Labute approximate surface area is 135 Å². The van der Waals surface area contributed by atoms with Crippen LogP contribution < -0.4 is 14.8 Å². The van der Waals surface area contributed by atoms with Crippen LogP contribution in [0.2, 0.25) is 0 Å². The Balaban J connectivity index is 2.75. The fourth-order valence-corrected chi connectivity index (χ4v) is 3.15. The number of nitrogens with one attached hydrogen (secondary N) is 1. The first-order valence-electron chi connectivity index (χ1n) is 7.21. The van der Waals surface area contributed by atoms with Crippen LogP contribution in [0.5, 0.6) is 11.5 Å². The van der Waals surface area contributed by atoms with E-state index in [9.17, 15) is 4.79 Å². The number of halogens is 1. The van der Waals surface area contributed by atoms with Gasteiger partial charge in [0.05, 0.1) is 19.8 Å². The first kappa shape index (κ1) is 17.8. The number of hydrogen-bond acceptors (Lipinski definition) is 3. The topological polar surface area (TPSA) is 47.6 Å². The van der Waals surface area contributed by atoms with Gasteiger partial charge in [0.25, 0.3) is 5.91 Å². The highest BCUT2D eigenvalue weighted by atomic mass is 79.9. The van der Waals surface area contributed by atoms with Crippen molar-refractivity contribution in [1.82, 2.24) is 5.32 Å². The van der Waals surface area contributed by atoms with Gasteiger partial charge in [-0.3, -0.25) is 4.79 Å². The van der Waals surface area contributed by atoms with Crippen molar-refractivity contribution < 1.29 is 14.3 Å². The van der Waals surface area contributed by atoms with E-state index in [1.807, 2.05) is 0 Å². The van der Waals surface area contributed by atoms with Gasteiger partial charge >= 0.3 is 0 Å². The zero-order chi connectivity index (χ0) is 15.8. The first-order chi connectivity index (χ1) is 10.1. The van der Waals surface area contributed by atoms with Crippen molar-refractivity contribution in [2.24, 2.45) is 5.92 Å². The molecule has 0 aliphatic heterocycles. The van der Waals surface area contributed by atoms with Gasteiger partial charge in [-0.05, 0) is 24.1 Å². The molecule has 1 rings (SSSR count). The lowest BCUT2D eigenvalue weighted by Crippen LogP contribution is -2.33. The molecular formula is C16H24BrNO3. The van der Waals surface area contributed by atoms with Crippen LogP contribution >= 0.6 is 15.9 Å². The van der Waals surface area contributed by atoms with E-state index in [0.717, 1.165) is 12.8 Å². The smallest absolute Gasteiger partial charge is 0.255 e. The highest BCUT2D eigenvalue weighted by molar-refractivity contribution is 9.09. The van der Waals surface area contributed by atoms with Crippen molar-refractivity contribution in [3.63, 3.8) is 0 Å². The van der Waals surface area contributed by atoms with Gasteiger partial charge in [0.15, 0.2) is 0 Å². The third-order valence-corrected chi connectivity index (χ3v) is 4.74. The third kappa shape index (κ3) is 4.92. The number of alkyl halides is 1. The third-order valence-electron chi connectivity index (χ3n) is 3.67. The zero-order valence-electron chi connectivity index (χ0n) is 13.1. The largest absolute Gasteiger partial charge is 0.497 e. The van der Waals surface area contributed by atoms with E-state index >= 15 is 0 Å².